The second kappa shape index (κ2) is 12.7. The van der Waals surface area contributed by atoms with Gasteiger partial charge in [-0.3, -0.25) is 4.79 Å². The van der Waals surface area contributed by atoms with Gasteiger partial charge in [0.2, 0.25) is 0 Å². The van der Waals surface area contributed by atoms with Crippen molar-refractivity contribution in [2.45, 2.75) is 161 Å². The Bertz CT molecular complexity index is 1080. The molecule has 3 aliphatic carbocycles. The zero-order chi connectivity index (χ0) is 32.1. The van der Waals surface area contributed by atoms with Crippen LogP contribution in [0.4, 0.5) is 0 Å². The molecular weight excluding hydrogens is 573 g/mol. The van der Waals surface area contributed by atoms with Gasteiger partial charge in [-0.05, 0) is 90.8 Å². The van der Waals surface area contributed by atoms with Crippen LogP contribution in [0.5, 0.6) is 0 Å². The van der Waals surface area contributed by atoms with Crippen LogP contribution in [-0.4, -0.2) is 50.4 Å². The first-order valence-corrected chi connectivity index (χ1v) is 23.0. The average Bonchev–Trinajstić information content (AvgIpc) is 3.08. The molecule has 4 nitrogen and oxygen atoms in total. The molecule has 1 unspecified atom stereocenters. The number of thioether (sulfide) groups is 1. The van der Waals surface area contributed by atoms with Crippen LogP contribution < -0.4 is 0 Å². The summed E-state index contributed by atoms with van der Waals surface area (Å²) in [6, 6.07) is 0. The van der Waals surface area contributed by atoms with Gasteiger partial charge in [-0.1, -0.05) is 91.5 Å². The molecule has 0 aromatic carbocycles. The molecule has 42 heavy (non-hydrogen) atoms. The molecule has 3 saturated carbocycles. The largest absolute Gasteiger partial charge is 0.413 e. The van der Waals surface area contributed by atoms with Crippen molar-refractivity contribution in [3.05, 3.63) is 35.5 Å². The highest BCUT2D eigenvalue weighted by Crippen LogP contribution is 2.59. The number of hydrogen-bond acceptors (Lipinski definition) is 5. The average molecular weight is 635 g/mol. The second-order valence-corrected chi connectivity index (χ2v) is 27.9. The zero-order valence-electron chi connectivity index (χ0n) is 29.1. The molecule has 1 N–H and O–H groups in total. The number of aliphatic hydroxyl groups excluding tert-OH is 1. The molecule has 0 bridgehead atoms. The van der Waals surface area contributed by atoms with Gasteiger partial charge in [0.25, 0.3) is 0 Å². The van der Waals surface area contributed by atoms with Crippen LogP contribution in [0.1, 0.15) is 101 Å². The van der Waals surface area contributed by atoms with E-state index in [1.165, 1.54) is 22.9 Å². The van der Waals surface area contributed by atoms with Crippen molar-refractivity contribution in [3.8, 4) is 0 Å². The quantitative estimate of drug-likeness (QED) is 0.283. The fourth-order valence-electron chi connectivity index (χ4n) is 7.24. The van der Waals surface area contributed by atoms with Crippen LogP contribution in [0.25, 0.3) is 0 Å². The maximum atomic E-state index is 11.9. The SMILES string of the molecule is C=C1/C(=C\C=C2/CCC[C@@]3(C)[C@H]2C[C@H](O)[C@@H]3C(C)SC(C)=O)C[C@@H](O[Si](C)(C)C(C)(C)C)C[C@@H]1O[Si](C)(C)C(C)(C)C. The van der Waals surface area contributed by atoms with Gasteiger partial charge in [-0.25, -0.2) is 0 Å². The van der Waals surface area contributed by atoms with Crippen molar-refractivity contribution in [1.29, 1.82) is 0 Å². The molecule has 3 fully saturated rings. The predicted octanol–water partition coefficient (Wildman–Crippen LogP) is 9.83. The van der Waals surface area contributed by atoms with Crippen LogP contribution in [0.15, 0.2) is 35.5 Å². The minimum atomic E-state index is -2.01. The zero-order valence-corrected chi connectivity index (χ0v) is 32.0. The van der Waals surface area contributed by atoms with Gasteiger partial charge in [0.15, 0.2) is 21.8 Å². The van der Waals surface area contributed by atoms with E-state index in [2.05, 4.69) is 100 Å². The molecule has 0 aromatic rings. The maximum absolute atomic E-state index is 11.9. The van der Waals surface area contributed by atoms with Crippen molar-refractivity contribution >= 4 is 33.5 Å². The molecule has 7 heteroatoms. The maximum Gasteiger partial charge on any atom is 0.192 e. The summed E-state index contributed by atoms with van der Waals surface area (Å²) in [7, 11) is -3.97. The lowest BCUT2D eigenvalue weighted by atomic mass is 9.63. The van der Waals surface area contributed by atoms with Crippen LogP contribution in [0.2, 0.25) is 36.3 Å². The molecule has 3 rings (SSSR count). The normalized spacial score (nSPS) is 34.1. The molecular formula is C35H62O4SSi2. The van der Waals surface area contributed by atoms with E-state index >= 15 is 0 Å². The van der Waals surface area contributed by atoms with Crippen molar-refractivity contribution in [3.63, 3.8) is 0 Å². The first-order chi connectivity index (χ1) is 19.0. The first-order valence-electron chi connectivity index (χ1n) is 16.3. The van der Waals surface area contributed by atoms with E-state index in [0.29, 0.717) is 5.92 Å². The minimum absolute atomic E-state index is 0.00933. The number of fused-ring (bicyclic) bond motifs is 1. The first kappa shape index (κ1) is 36.0. The fraction of sp³-hybridized carbons (Fsp3) is 0.800. The van der Waals surface area contributed by atoms with E-state index in [-0.39, 0.29) is 50.1 Å². The summed E-state index contributed by atoms with van der Waals surface area (Å²) < 4.78 is 14.1. The minimum Gasteiger partial charge on any atom is -0.413 e. The number of carbonyl (C=O) groups is 1. The summed E-state index contributed by atoms with van der Waals surface area (Å²) in [5.74, 6) is 0.468. The van der Waals surface area contributed by atoms with E-state index in [4.69, 9.17) is 8.85 Å². The van der Waals surface area contributed by atoms with Crippen molar-refractivity contribution in [2.75, 3.05) is 0 Å². The van der Waals surface area contributed by atoms with Gasteiger partial charge in [-0.2, -0.15) is 0 Å². The van der Waals surface area contributed by atoms with Gasteiger partial charge >= 0.3 is 0 Å². The van der Waals surface area contributed by atoms with E-state index in [1.54, 1.807) is 6.92 Å². The Hall–Kier alpha value is -0.446. The predicted molar refractivity (Wildman–Crippen MR) is 186 cm³/mol. The van der Waals surface area contributed by atoms with E-state index in [1.807, 2.05) is 0 Å². The second-order valence-electron chi connectivity index (χ2n) is 16.8. The summed E-state index contributed by atoms with van der Waals surface area (Å²) in [5, 5.41) is 11.8. The van der Waals surface area contributed by atoms with E-state index in [0.717, 1.165) is 44.1 Å². The monoisotopic (exact) mass is 634 g/mol. The highest BCUT2D eigenvalue weighted by Gasteiger charge is 2.55. The summed E-state index contributed by atoms with van der Waals surface area (Å²) >= 11 is 1.40. The lowest BCUT2D eigenvalue weighted by Crippen LogP contribution is -2.49. The lowest BCUT2D eigenvalue weighted by Gasteiger charge is -2.45. The topological polar surface area (TPSA) is 55.8 Å². The Morgan fingerprint density at radius 3 is 2.17 bits per heavy atom. The third-order valence-electron chi connectivity index (χ3n) is 11.7. The number of aliphatic hydroxyl groups is 1. The number of rotatable bonds is 7. The third kappa shape index (κ3) is 7.67. The summed E-state index contributed by atoms with van der Waals surface area (Å²) in [6.07, 6.45) is 10.2. The smallest absolute Gasteiger partial charge is 0.192 e. The van der Waals surface area contributed by atoms with Crippen LogP contribution in [0.3, 0.4) is 0 Å². The Kier molecular flexibility index (Phi) is 10.9. The van der Waals surface area contributed by atoms with Crippen molar-refractivity contribution in [2.24, 2.45) is 17.3 Å². The Balaban J connectivity index is 1.95. The highest BCUT2D eigenvalue weighted by atomic mass is 32.2. The Morgan fingerprint density at radius 1 is 1.05 bits per heavy atom. The molecule has 0 aliphatic heterocycles. The lowest BCUT2D eigenvalue weighted by molar-refractivity contribution is -0.109. The van der Waals surface area contributed by atoms with Crippen molar-refractivity contribution in [1.82, 2.24) is 0 Å². The molecule has 240 valence electrons. The molecule has 0 saturated heterocycles. The fourth-order valence-corrected chi connectivity index (χ4v) is 11.1. The molecule has 3 aliphatic rings. The molecule has 0 spiro atoms. The standard InChI is InChI=1S/C35H62O4SSi2/c1-23-27(18-17-26-16-15-19-35(10)29(26)22-30(37)32(35)24(2)40-25(3)36)20-28(38-41(11,12)33(4,5)6)21-31(23)39-42(13,14)34(7,8)9/h17-18,24,28-32,37H,1,15-16,19-22H2,2-14H3/b26-17+,27-18-/t24?,28-,29+,30+,31+,32+,35+/m1/s1. The molecule has 0 amide bonds. The number of carbonyl (C=O) groups excluding carboxylic acids is 1. The molecule has 0 aromatic heterocycles. The third-order valence-corrected chi connectivity index (χ3v) is 21.7. The van der Waals surface area contributed by atoms with Crippen LogP contribution >= 0.6 is 11.8 Å². The van der Waals surface area contributed by atoms with Gasteiger partial charge in [-0.15, -0.1) is 0 Å². The summed E-state index contributed by atoms with van der Waals surface area (Å²) in [5.41, 5.74) is 3.82. The van der Waals surface area contributed by atoms with Gasteiger partial charge in [0, 0.05) is 24.5 Å². The van der Waals surface area contributed by atoms with Crippen LogP contribution in [0, 0.1) is 17.3 Å². The van der Waals surface area contributed by atoms with E-state index in [9.17, 15) is 9.90 Å². The summed E-state index contributed by atoms with van der Waals surface area (Å²) in [6.45, 7) is 34.0. The number of hydrogen-bond donors (Lipinski definition) is 1. The molecule has 0 heterocycles. The van der Waals surface area contributed by atoms with Crippen LogP contribution in [-0.2, 0) is 13.6 Å². The van der Waals surface area contributed by atoms with Crippen molar-refractivity contribution < 1.29 is 18.8 Å². The van der Waals surface area contributed by atoms with Gasteiger partial charge in [0.05, 0.1) is 18.3 Å². The summed E-state index contributed by atoms with van der Waals surface area (Å²) in [4.78, 5) is 11.9. The number of allylic oxidation sites excluding steroid dienone is 3. The van der Waals surface area contributed by atoms with Gasteiger partial charge in [0.1, 0.15) is 0 Å². The Labute approximate surface area is 264 Å². The Morgan fingerprint density at radius 2 is 1.62 bits per heavy atom. The highest BCUT2D eigenvalue weighted by molar-refractivity contribution is 8.14. The van der Waals surface area contributed by atoms with Gasteiger partial charge < -0.3 is 14.0 Å². The van der Waals surface area contributed by atoms with E-state index < -0.39 is 16.6 Å². The molecule has 7 atom stereocenters. The molecule has 0 radical (unpaired) electrons.